The van der Waals surface area contributed by atoms with Crippen LogP contribution in [0.3, 0.4) is 0 Å². The molecule has 1 amide bonds. The van der Waals surface area contributed by atoms with Gasteiger partial charge in [0.05, 0.1) is 23.9 Å². The third-order valence-corrected chi connectivity index (χ3v) is 8.20. The van der Waals surface area contributed by atoms with Crippen LogP contribution in [0.2, 0.25) is 10.0 Å². The largest absolute Gasteiger partial charge is 0.466 e. The van der Waals surface area contributed by atoms with E-state index in [1.54, 1.807) is 0 Å². The predicted octanol–water partition coefficient (Wildman–Crippen LogP) is 6.60. The van der Waals surface area contributed by atoms with E-state index in [1.165, 1.54) is 0 Å². The van der Waals surface area contributed by atoms with Gasteiger partial charge in [0.1, 0.15) is 0 Å². The Hall–Kier alpha value is -2.93. The number of benzene rings is 2. The summed E-state index contributed by atoms with van der Waals surface area (Å²) in [5.41, 5.74) is 3.83. The van der Waals surface area contributed by atoms with Crippen molar-refractivity contribution in [2.75, 3.05) is 32.8 Å². The van der Waals surface area contributed by atoms with Crippen LogP contribution in [0, 0.1) is 5.92 Å². The van der Waals surface area contributed by atoms with E-state index in [-0.39, 0.29) is 17.8 Å². The maximum atomic E-state index is 13.8. The topological polar surface area (TPSA) is 62.7 Å². The van der Waals surface area contributed by atoms with Crippen molar-refractivity contribution < 1.29 is 14.3 Å². The van der Waals surface area contributed by atoms with Crippen LogP contribution < -0.4 is 0 Å². The Morgan fingerprint density at radius 1 is 0.872 bits per heavy atom. The van der Waals surface area contributed by atoms with Crippen molar-refractivity contribution >= 4 is 35.1 Å². The first-order valence-corrected chi connectivity index (χ1v) is 14.4. The second-order valence-corrected chi connectivity index (χ2v) is 11.1. The highest BCUT2D eigenvalue weighted by Crippen LogP contribution is 2.29. The Kier molecular flexibility index (Phi) is 8.85. The minimum atomic E-state index is -0.0829. The number of aromatic nitrogens is 1. The summed E-state index contributed by atoms with van der Waals surface area (Å²) in [4.78, 5) is 35.3. The van der Waals surface area contributed by atoms with Crippen LogP contribution in [0.5, 0.6) is 0 Å². The van der Waals surface area contributed by atoms with Crippen molar-refractivity contribution in [2.24, 2.45) is 5.92 Å². The van der Waals surface area contributed by atoms with Crippen molar-refractivity contribution in [3.8, 4) is 22.5 Å². The van der Waals surface area contributed by atoms with Gasteiger partial charge in [0, 0.05) is 52.4 Å². The van der Waals surface area contributed by atoms with Crippen molar-refractivity contribution in [1.82, 2.24) is 14.8 Å². The molecule has 39 heavy (non-hydrogen) atoms. The third kappa shape index (κ3) is 6.63. The summed E-state index contributed by atoms with van der Waals surface area (Å²) >= 11 is 12.2. The number of esters is 1. The lowest BCUT2D eigenvalue weighted by atomic mass is 9.93. The SMILES string of the molecule is CCOC(=O)C1CCCN(C2CCN(C(=O)c3cc(-c4ccc(Cl)cc4)nc(-c4ccc(Cl)cc4)c3)CC2)C1. The van der Waals surface area contributed by atoms with E-state index in [2.05, 4.69) is 4.90 Å². The fourth-order valence-corrected chi connectivity index (χ4v) is 5.85. The number of piperidine rings is 2. The number of carbonyl (C=O) groups excluding carboxylic acids is 2. The second-order valence-electron chi connectivity index (χ2n) is 10.2. The molecular weight excluding hydrogens is 533 g/mol. The van der Waals surface area contributed by atoms with E-state index < -0.39 is 0 Å². The Bertz CT molecular complexity index is 1240. The predicted molar refractivity (Wildman–Crippen MR) is 155 cm³/mol. The summed E-state index contributed by atoms with van der Waals surface area (Å²) in [5, 5.41) is 1.29. The molecule has 3 heterocycles. The number of hydrogen-bond donors (Lipinski definition) is 0. The molecule has 1 aromatic heterocycles. The van der Waals surface area contributed by atoms with Crippen LogP contribution in [0.4, 0.5) is 0 Å². The molecule has 2 saturated heterocycles. The van der Waals surface area contributed by atoms with Crippen LogP contribution in [0.25, 0.3) is 22.5 Å². The maximum Gasteiger partial charge on any atom is 0.310 e. The summed E-state index contributed by atoms with van der Waals surface area (Å²) in [7, 11) is 0. The summed E-state index contributed by atoms with van der Waals surface area (Å²) in [6.45, 7) is 5.37. The van der Waals surface area contributed by atoms with Crippen LogP contribution in [-0.4, -0.2) is 65.5 Å². The van der Waals surface area contributed by atoms with Gasteiger partial charge >= 0.3 is 5.97 Å². The van der Waals surface area contributed by atoms with E-state index in [1.807, 2.05) is 72.5 Å². The Balaban J connectivity index is 1.33. The van der Waals surface area contributed by atoms with Crippen molar-refractivity contribution in [2.45, 2.75) is 38.6 Å². The summed E-state index contributed by atoms with van der Waals surface area (Å²) in [6, 6.07) is 19.1. The lowest BCUT2D eigenvalue weighted by molar-refractivity contribution is -0.150. The molecule has 0 N–H and O–H groups in total. The highest BCUT2D eigenvalue weighted by Gasteiger charge is 2.33. The number of hydrogen-bond acceptors (Lipinski definition) is 5. The van der Waals surface area contributed by atoms with Gasteiger partial charge in [-0.05, 0) is 75.5 Å². The van der Waals surface area contributed by atoms with E-state index in [0.29, 0.717) is 41.3 Å². The number of halogens is 2. The molecule has 0 bridgehead atoms. The lowest BCUT2D eigenvalue weighted by Gasteiger charge is -2.41. The van der Waals surface area contributed by atoms with Crippen LogP contribution in [-0.2, 0) is 9.53 Å². The quantitative estimate of drug-likeness (QED) is 0.315. The number of pyridine rings is 1. The van der Waals surface area contributed by atoms with Gasteiger partial charge in [0.15, 0.2) is 0 Å². The summed E-state index contributed by atoms with van der Waals surface area (Å²) < 4.78 is 5.27. The zero-order valence-electron chi connectivity index (χ0n) is 22.1. The van der Waals surface area contributed by atoms with Gasteiger partial charge in [0.25, 0.3) is 5.91 Å². The molecule has 6 nitrogen and oxygen atoms in total. The Morgan fingerprint density at radius 2 is 1.44 bits per heavy atom. The zero-order valence-corrected chi connectivity index (χ0v) is 23.6. The normalized spacial score (nSPS) is 18.6. The van der Waals surface area contributed by atoms with Crippen molar-refractivity contribution in [3.05, 3.63) is 76.3 Å². The number of carbonyl (C=O) groups is 2. The van der Waals surface area contributed by atoms with E-state index in [9.17, 15) is 9.59 Å². The molecule has 2 aromatic carbocycles. The molecule has 0 radical (unpaired) electrons. The molecule has 1 unspecified atom stereocenters. The van der Waals surface area contributed by atoms with E-state index in [0.717, 1.165) is 61.3 Å². The van der Waals surface area contributed by atoms with Gasteiger partial charge in [-0.1, -0.05) is 47.5 Å². The highest BCUT2D eigenvalue weighted by atomic mass is 35.5. The monoisotopic (exact) mass is 565 g/mol. The van der Waals surface area contributed by atoms with Crippen LogP contribution in [0.15, 0.2) is 60.7 Å². The Morgan fingerprint density at radius 3 is 1.97 bits per heavy atom. The van der Waals surface area contributed by atoms with Crippen LogP contribution in [0.1, 0.15) is 43.0 Å². The molecular formula is C31H33Cl2N3O3. The molecule has 2 aliphatic heterocycles. The van der Waals surface area contributed by atoms with E-state index >= 15 is 0 Å². The van der Waals surface area contributed by atoms with Crippen LogP contribution >= 0.6 is 23.2 Å². The van der Waals surface area contributed by atoms with Crippen molar-refractivity contribution in [3.63, 3.8) is 0 Å². The van der Waals surface area contributed by atoms with Gasteiger partial charge in [-0.15, -0.1) is 0 Å². The fourth-order valence-electron chi connectivity index (χ4n) is 5.60. The number of nitrogens with zero attached hydrogens (tertiary/aromatic N) is 3. The zero-order chi connectivity index (χ0) is 27.4. The number of amides is 1. The third-order valence-electron chi connectivity index (χ3n) is 7.69. The molecule has 0 aliphatic carbocycles. The molecule has 0 saturated carbocycles. The number of ether oxygens (including phenoxy) is 1. The lowest BCUT2D eigenvalue weighted by Crippen LogP contribution is -2.50. The highest BCUT2D eigenvalue weighted by molar-refractivity contribution is 6.30. The van der Waals surface area contributed by atoms with Gasteiger partial charge in [-0.3, -0.25) is 14.5 Å². The fraction of sp³-hybridized carbons (Fsp3) is 0.387. The molecule has 5 rings (SSSR count). The molecule has 0 spiro atoms. The molecule has 3 aromatic rings. The summed E-state index contributed by atoms with van der Waals surface area (Å²) in [6.07, 6.45) is 3.67. The van der Waals surface area contributed by atoms with E-state index in [4.69, 9.17) is 32.9 Å². The summed E-state index contributed by atoms with van der Waals surface area (Å²) in [5.74, 6) is -0.127. The average Bonchev–Trinajstić information content (AvgIpc) is 2.97. The minimum Gasteiger partial charge on any atom is -0.466 e. The smallest absolute Gasteiger partial charge is 0.310 e. The first kappa shape index (κ1) is 27.6. The molecule has 2 fully saturated rings. The van der Waals surface area contributed by atoms with Gasteiger partial charge < -0.3 is 9.64 Å². The van der Waals surface area contributed by atoms with Gasteiger partial charge in [-0.2, -0.15) is 0 Å². The molecule has 2 aliphatic rings. The second kappa shape index (κ2) is 12.5. The number of rotatable bonds is 6. The minimum absolute atomic E-state index is 0.00400. The van der Waals surface area contributed by atoms with Crippen molar-refractivity contribution in [1.29, 1.82) is 0 Å². The maximum absolute atomic E-state index is 13.8. The molecule has 1 atom stereocenters. The van der Waals surface area contributed by atoms with Gasteiger partial charge in [0.2, 0.25) is 0 Å². The molecule has 204 valence electrons. The average molecular weight is 567 g/mol. The number of likely N-dealkylation sites (tertiary alicyclic amines) is 2. The molecule has 8 heteroatoms. The van der Waals surface area contributed by atoms with Gasteiger partial charge in [-0.25, -0.2) is 4.98 Å². The first-order chi connectivity index (χ1) is 18.9. The Labute approximate surface area is 239 Å². The first-order valence-electron chi connectivity index (χ1n) is 13.6. The standard InChI is InChI=1S/C31H33Cl2N3O3/c1-2-39-31(38)23-4-3-15-36(20-23)27-13-16-35(17-14-27)30(37)24-18-28(21-5-9-25(32)10-6-21)34-29(19-24)22-7-11-26(33)12-8-22/h5-12,18-19,23,27H,2-4,13-17,20H2,1H3.